The number of aromatic nitrogens is 1. The largest absolute Gasteiger partial charge is 0.392 e. The van der Waals surface area contributed by atoms with Crippen molar-refractivity contribution in [1.82, 2.24) is 15.2 Å². The van der Waals surface area contributed by atoms with Gasteiger partial charge in [-0.3, -0.25) is 9.69 Å². The van der Waals surface area contributed by atoms with E-state index < -0.39 is 6.10 Å². The monoisotopic (exact) mass is 345 g/mol. The molecule has 0 radical (unpaired) electrons. The summed E-state index contributed by atoms with van der Waals surface area (Å²) >= 11 is 1.63. The summed E-state index contributed by atoms with van der Waals surface area (Å²) in [4.78, 5) is 19.8. The number of nitrogens with zero attached hydrogens (tertiary/aromatic N) is 2. The minimum absolute atomic E-state index is 0.0241. The van der Waals surface area contributed by atoms with Crippen molar-refractivity contribution in [1.29, 1.82) is 0 Å². The number of amides is 1. The zero-order valence-corrected chi connectivity index (χ0v) is 15.0. The van der Waals surface area contributed by atoms with Crippen LogP contribution in [-0.4, -0.2) is 46.6 Å². The molecular formula is C18H23N3O2S. The molecule has 1 aliphatic heterocycles. The van der Waals surface area contributed by atoms with Crippen LogP contribution in [0, 0.1) is 6.92 Å². The molecule has 2 N–H and O–H groups in total. The minimum Gasteiger partial charge on any atom is -0.392 e. The van der Waals surface area contributed by atoms with Crippen molar-refractivity contribution in [2.45, 2.75) is 38.5 Å². The van der Waals surface area contributed by atoms with Crippen molar-refractivity contribution in [3.05, 3.63) is 41.0 Å². The number of hydrogen-bond donors (Lipinski definition) is 2. The third-order valence-corrected chi connectivity index (χ3v) is 5.58. The fraction of sp³-hybridized carbons (Fsp3) is 0.444. The number of β-amino-alcohol motifs (C(OH)–C–C–N with tert-alkyl or cyclic N) is 1. The van der Waals surface area contributed by atoms with Crippen LogP contribution in [0.3, 0.4) is 0 Å². The molecule has 2 aromatic rings. The Morgan fingerprint density at radius 1 is 1.42 bits per heavy atom. The number of thiazole rings is 1. The molecule has 1 fully saturated rings. The second kappa shape index (κ2) is 7.01. The van der Waals surface area contributed by atoms with Crippen molar-refractivity contribution >= 4 is 17.2 Å². The number of hydrogen-bond acceptors (Lipinski definition) is 5. The van der Waals surface area contributed by atoms with Gasteiger partial charge in [0.2, 0.25) is 5.91 Å². The number of aliphatic hydroxyl groups is 1. The zero-order valence-electron chi connectivity index (χ0n) is 14.2. The van der Waals surface area contributed by atoms with Gasteiger partial charge in [-0.1, -0.05) is 24.3 Å². The second-order valence-electron chi connectivity index (χ2n) is 6.46. The molecule has 0 aliphatic carbocycles. The van der Waals surface area contributed by atoms with E-state index in [2.05, 4.69) is 22.4 Å². The molecule has 0 bridgehead atoms. The van der Waals surface area contributed by atoms with E-state index in [0.29, 0.717) is 13.0 Å². The van der Waals surface area contributed by atoms with Gasteiger partial charge in [-0.05, 0) is 38.4 Å². The molecule has 1 amide bonds. The van der Waals surface area contributed by atoms with E-state index in [1.807, 2.05) is 43.4 Å². The summed E-state index contributed by atoms with van der Waals surface area (Å²) in [6, 6.07) is 7.93. The normalized spacial score (nSPS) is 22.5. The lowest BCUT2D eigenvalue weighted by molar-refractivity contribution is -0.125. The Bertz CT molecular complexity index is 713. The van der Waals surface area contributed by atoms with E-state index in [1.165, 1.54) is 4.88 Å². The molecular weight excluding hydrogens is 322 g/mol. The second-order valence-corrected chi connectivity index (χ2v) is 7.32. The number of rotatable bonds is 4. The molecule has 1 aromatic carbocycles. The third kappa shape index (κ3) is 3.50. The quantitative estimate of drug-likeness (QED) is 0.893. The summed E-state index contributed by atoms with van der Waals surface area (Å²) in [5.74, 6) is -0.0241. The topological polar surface area (TPSA) is 65.5 Å². The van der Waals surface area contributed by atoms with Gasteiger partial charge >= 0.3 is 0 Å². The maximum atomic E-state index is 12.4. The fourth-order valence-electron chi connectivity index (χ4n) is 3.17. The van der Waals surface area contributed by atoms with Crippen molar-refractivity contribution < 1.29 is 9.90 Å². The lowest BCUT2D eigenvalue weighted by Crippen LogP contribution is -2.42. The Hall–Kier alpha value is -1.76. The number of likely N-dealkylation sites (tertiary alicyclic amines) is 1. The number of carbonyl (C=O) groups excluding carboxylic acids is 1. The van der Waals surface area contributed by atoms with Crippen molar-refractivity contribution in [2.75, 3.05) is 13.6 Å². The molecule has 128 valence electrons. The van der Waals surface area contributed by atoms with Crippen LogP contribution < -0.4 is 5.32 Å². The highest BCUT2D eigenvalue weighted by Gasteiger charge is 2.33. The van der Waals surface area contributed by atoms with Crippen LogP contribution >= 0.6 is 11.3 Å². The highest BCUT2D eigenvalue weighted by atomic mass is 32.1. The van der Waals surface area contributed by atoms with E-state index in [0.717, 1.165) is 16.8 Å². The molecule has 3 rings (SSSR count). The van der Waals surface area contributed by atoms with E-state index in [9.17, 15) is 9.90 Å². The smallest absolute Gasteiger partial charge is 0.237 e. The summed E-state index contributed by atoms with van der Waals surface area (Å²) < 4.78 is 0. The van der Waals surface area contributed by atoms with Gasteiger partial charge in [0.15, 0.2) is 0 Å². The van der Waals surface area contributed by atoms with Crippen molar-refractivity contribution in [2.24, 2.45) is 0 Å². The van der Waals surface area contributed by atoms with E-state index >= 15 is 0 Å². The summed E-state index contributed by atoms with van der Waals surface area (Å²) in [6.45, 7) is 4.54. The Labute approximate surface area is 146 Å². The number of aliphatic hydroxyl groups excluding tert-OH is 1. The molecule has 1 aromatic heterocycles. The first-order valence-corrected chi connectivity index (χ1v) is 9.02. The summed E-state index contributed by atoms with van der Waals surface area (Å²) in [6.07, 6.45) is 0.0848. The lowest BCUT2D eigenvalue weighted by Gasteiger charge is -2.21. The Morgan fingerprint density at radius 3 is 2.67 bits per heavy atom. The predicted octanol–water partition coefficient (Wildman–Crippen LogP) is 2.36. The molecule has 6 heteroatoms. The summed E-state index contributed by atoms with van der Waals surface area (Å²) in [7, 11) is 1.87. The number of carbonyl (C=O) groups is 1. The molecule has 0 saturated carbocycles. The molecule has 1 aliphatic rings. The van der Waals surface area contributed by atoms with Crippen LogP contribution in [0.5, 0.6) is 0 Å². The van der Waals surface area contributed by atoms with Gasteiger partial charge < -0.3 is 10.4 Å². The van der Waals surface area contributed by atoms with Gasteiger partial charge in [0.05, 0.1) is 34.3 Å². The van der Waals surface area contributed by atoms with Crippen molar-refractivity contribution in [3.8, 4) is 10.4 Å². The first-order chi connectivity index (χ1) is 11.5. The van der Waals surface area contributed by atoms with Gasteiger partial charge in [0.1, 0.15) is 0 Å². The SMILES string of the molecule is Cc1ncsc1-c1ccc([C@H](C)NC(=O)[C@@H]2C[C@@H](O)CN2C)cc1. The van der Waals surface area contributed by atoms with Crippen LogP contribution in [0.4, 0.5) is 0 Å². The summed E-state index contributed by atoms with van der Waals surface area (Å²) in [5.41, 5.74) is 5.11. The molecule has 3 atom stereocenters. The average Bonchev–Trinajstić information content (AvgIpc) is 3.12. The highest BCUT2D eigenvalue weighted by Crippen LogP contribution is 2.28. The van der Waals surface area contributed by atoms with Crippen molar-refractivity contribution in [3.63, 3.8) is 0 Å². The van der Waals surface area contributed by atoms with E-state index in [1.54, 1.807) is 11.3 Å². The maximum Gasteiger partial charge on any atom is 0.237 e. The van der Waals surface area contributed by atoms with Crippen LogP contribution in [0.15, 0.2) is 29.8 Å². The Morgan fingerprint density at radius 2 is 2.12 bits per heavy atom. The number of nitrogens with one attached hydrogen (secondary N) is 1. The van der Waals surface area contributed by atoms with E-state index in [-0.39, 0.29) is 18.0 Å². The molecule has 5 nitrogen and oxygen atoms in total. The van der Waals surface area contributed by atoms with Gasteiger partial charge in [-0.2, -0.15) is 0 Å². The molecule has 24 heavy (non-hydrogen) atoms. The maximum absolute atomic E-state index is 12.4. The van der Waals surface area contributed by atoms with Gasteiger partial charge in [-0.25, -0.2) is 4.98 Å². The first kappa shape index (κ1) is 17.1. The van der Waals surface area contributed by atoms with Crippen LogP contribution in [0.2, 0.25) is 0 Å². The molecule has 2 heterocycles. The standard InChI is InChI=1S/C18H23N3O2S/c1-11(20-18(23)16-8-15(22)9-21(16)3)13-4-6-14(7-5-13)17-12(2)19-10-24-17/h4-7,10-11,15-16,22H,8-9H2,1-3H3,(H,20,23)/t11-,15+,16-/m0/s1. The first-order valence-electron chi connectivity index (χ1n) is 8.15. The highest BCUT2D eigenvalue weighted by molar-refractivity contribution is 7.13. The number of benzene rings is 1. The van der Waals surface area contributed by atoms with Crippen LogP contribution in [-0.2, 0) is 4.79 Å². The predicted molar refractivity (Wildman–Crippen MR) is 95.9 cm³/mol. The lowest BCUT2D eigenvalue weighted by atomic mass is 10.0. The molecule has 1 saturated heterocycles. The van der Waals surface area contributed by atoms with Gasteiger partial charge in [-0.15, -0.1) is 11.3 Å². The molecule has 0 unspecified atom stereocenters. The third-order valence-electron chi connectivity index (χ3n) is 4.61. The minimum atomic E-state index is -0.414. The van der Waals surface area contributed by atoms with Gasteiger partial charge in [0, 0.05) is 6.54 Å². The average molecular weight is 345 g/mol. The zero-order chi connectivity index (χ0) is 17.3. The number of likely N-dealkylation sites (N-methyl/N-ethyl adjacent to an activating group) is 1. The Kier molecular flexibility index (Phi) is 4.99. The number of aryl methyl sites for hydroxylation is 1. The van der Waals surface area contributed by atoms with Crippen LogP contribution in [0.1, 0.15) is 30.6 Å². The molecule has 0 spiro atoms. The van der Waals surface area contributed by atoms with Gasteiger partial charge in [0.25, 0.3) is 0 Å². The summed E-state index contributed by atoms with van der Waals surface area (Å²) in [5, 5.41) is 12.7. The fourth-order valence-corrected chi connectivity index (χ4v) is 3.99. The van der Waals surface area contributed by atoms with Crippen LogP contribution in [0.25, 0.3) is 10.4 Å². The van der Waals surface area contributed by atoms with E-state index in [4.69, 9.17) is 0 Å². The Balaban J connectivity index is 1.66.